The minimum atomic E-state index is -6.03. The molecule has 0 spiro atoms. The van der Waals surface area contributed by atoms with E-state index in [0.717, 1.165) is 17.0 Å². The van der Waals surface area contributed by atoms with Crippen molar-refractivity contribution in [3.05, 3.63) is 70.3 Å². The minimum absolute atomic E-state index is 0.168. The fourth-order valence-corrected chi connectivity index (χ4v) is 5.42. The number of sulfonamides is 1. The Morgan fingerprint density at radius 3 is 2.23 bits per heavy atom. The predicted octanol–water partition coefficient (Wildman–Crippen LogP) is 1.86. The number of piperazine rings is 1. The zero-order valence-electron chi connectivity index (χ0n) is 17.7. The van der Waals surface area contributed by atoms with Gasteiger partial charge in [-0.2, -0.15) is 25.9 Å². The monoisotopic (exact) mass is 537 g/mol. The summed E-state index contributed by atoms with van der Waals surface area (Å²) in [5.41, 5.74) is -5.95. The lowest BCUT2D eigenvalue weighted by Gasteiger charge is -2.40. The maximum absolute atomic E-state index is 13.1. The molecule has 3 rings (SSSR count). The zero-order chi connectivity index (χ0) is 26.0. The number of para-hydroxylation sites is 1. The Kier molecular flexibility index (Phi) is 7.49. The molecule has 0 aliphatic carbocycles. The summed E-state index contributed by atoms with van der Waals surface area (Å²) in [6.07, 6.45) is 0. The van der Waals surface area contributed by atoms with Crippen molar-refractivity contribution in [2.45, 2.75) is 23.0 Å². The van der Waals surface area contributed by atoms with Crippen molar-refractivity contribution < 1.29 is 43.9 Å². The number of hydrogen-bond donors (Lipinski definition) is 0. The number of benzene rings is 2. The van der Waals surface area contributed by atoms with Crippen LogP contribution >= 0.6 is 0 Å². The molecule has 0 radical (unpaired) electrons. The summed E-state index contributed by atoms with van der Waals surface area (Å²) < 4.78 is 92.0. The first-order valence-corrected chi connectivity index (χ1v) is 12.6. The van der Waals surface area contributed by atoms with Gasteiger partial charge < -0.3 is 4.90 Å². The van der Waals surface area contributed by atoms with Crippen molar-refractivity contribution in [3.8, 4) is 0 Å². The molecule has 0 N–H and O–H groups in total. The van der Waals surface area contributed by atoms with Crippen LogP contribution in [-0.2, 0) is 35.7 Å². The molecule has 1 aliphatic rings. The fourth-order valence-electron chi connectivity index (χ4n) is 3.37. The number of rotatable bonds is 8. The summed E-state index contributed by atoms with van der Waals surface area (Å²) >= 11 is 0. The number of nitro benzene ring substituents is 1. The van der Waals surface area contributed by atoms with Gasteiger partial charge in [-0.15, -0.1) is 0 Å². The number of nitro groups is 1. The number of carbonyl (C=O) groups is 1. The molecular formula is C19H18F3N3O8S2. The molecule has 0 bridgehead atoms. The van der Waals surface area contributed by atoms with E-state index in [2.05, 4.69) is 4.18 Å². The Morgan fingerprint density at radius 1 is 1.03 bits per heavy atom. The molecule has 16 heteroatoms. The largest absolute Gasteiger partial charge is 0.523 e. The van der Waals surface area contributed by atoms with E-state index in [-0.39, 0.29) is 6.54 Å². The second kappa shape index (κ2) is 9.88. The number of amides is 1. The number of alkyl halides is 3. The van der Waals surface area contributed by atoms with E-state index in [1.54, 1.807) is 30.3 Å². The molecule has 190 valence electrons. The van der Waals surface area contributed by atoms with Gasteiger partial charge in [-0.1, -0.05) is 42.5 Å². The highest BCUT2D eigenvalue weighted by Gasteiger charge is 2.49. The van der Waals surface area contributed by atoms with E-state index in [9.17, 15) is 44.9 Å². The van der Waals surface area contributed by atoms with Crippen molar-refractivity contribution in [2.24, 2.45) is 0 Å². The topological polar surface area (TPSA) is 144 Å². The van der Waals surface area contributed by atoms with Crippen LogP contribution in [0.15, 0.2) is 59.5 Å². The maximum atomic E-state index is 13.1. The molecule has 1 saturated heterocycles. The molecule has 35 heavy (non-hydrogen) atoms. The van der Waals surface area contributed by atoms with Crippen LogP contribution in [0.25, 0.3) is 0 Å². The van der Waals surface area contributed by atoms with Gasteiger partial charge in [0.1, 0.15) is 0 Å². The van der Waals surface area contributed by atoms with Crippen LogP contribution in [-0.4, -0.2) is 68.1 Å². The first-order valence-electron chi connectivity index (χ1n) is 9.76. The summed E-state index contributed by atoms with van der Waals surface area (Å²) in [7, 11) is -10.7. The van der Waals surface area contributed by atoms with E-state index < -0.39 is 72.8 Å². The molecule has 2 aromatic rings. The molecule has 1 atom stereocenters. The molecule has 0 aromatic heterocycles. The first kappa shape index (κ1) is 26.5. The molecule has 0 saturated carbocycles. The lowest BCUT2D eigenvalue weighted by Crippen LogP contribution is -2.59. The molecular weight excluding hydrogens is 519 g/mol. The van der Waals surface area contributed by atoms with Gasteiger partial charge in [-0.3, -0.25) is 19.1 Å². The highest BCUT2D eigenvalue weighted by Crippen LogP contribution is 2.30. The molecule has 2 aromatic carbocycles. The summed E-state index contributed by atoms with van der Waals surface area (Å²) in [5.74, 6) is -0.861. The zero-order valence-corrected chi connectivity index (χ0v) is 19.3. The Morgan fingerprint density at radius 2 is 1.63 bits per heavy atom. The molecule has 1 fully saturated rings. The average molecular weight is 537 g/mol. The van der Waals surface area contributed by atoms with E-state index in [1.807, 2.05) is 0 Å². The van der Waals surface area contributed by atoms with E-state index in [1.165, 1.54) is 12.1 Å². The second-order valence-corrected chi connectivity index (χ2v) is 10.9. The first-order chi connectivity index (χ1) is 16.2. The minimum Gasteiger partial charge on any atom is -0.331 e. The smallest absolute Gasteiger partial charge is 0.331 e. The van der Waals surface area contributed by atoms with E-state index in [4.69, 9.17) is 0 Å². The number of carbonyl (C=O) groups excluding carboxylic acids is 1. The normalized spacial score (nSPS) is 18.0. The van der Waals surface area contributed by atoms with Gasteiger partial charge in [-0.25, -0.2) is 8.42 Å². The quantitative estimate of drug-likeness (QED) is 0.215. The summed E-state index contributed by atoms with van der Waals surface area (Å²) in [5, 5.41) is 11.3. The second-order valence-electron chi connectivity index (χ2n) is 7.37. The maximum Gasteiger partial charge on any atom is 0.523 e. The van der Waals surface area contributed by atoms with Crippen molar-refractivity contribution in [1.29, 1.82) is 0 Å². The highest BCUT2D eigenvalue weighted by atomic mass is 32.2. The van der Waals surface area contributed by atoms with Crippen LogP contribution in [0.4, 0.5) is 18.9 Å². The molecule has 11 nitrogen and oxygen atoms in total. The van der Waals surface area contributed by atoms with Gasteiger partial charge in [0.25, 0.3) is 5.69 Å². The van der Waals surface area contributed by atoms with Gasteiger partial charge in [0.05, 0.1) is 24.1 Å². The lowest BCUT2D eigenvalue weighted by atomic mass is 10.1. The highest BCUT2D eigenvalue weighted by molar-refractivity contribution is 7.89. The third kappa shape index (κ3) is 5.77. The van der Waals surface area contributed by atoms with Crippen molar-refractivity contribution in [2.75, 3.05) is 19.7 Å². The van der Waals surface area contributed by atoms with Crippen LogP contribution in [0.3, 0.4) is 0 Å². The third-order valence-corrected chi connectivity index (χ3v) is 7.93. The van der Waals surface area contributed by atoms with Gasteiger partial charge in [0.2, 0.25) is 15.9 Å². The van der Waals surface area contributed by atoms with Gasteiger partial charge in [0, 0.05) is 19.2 Å². The van der Waals surface area contributed by atoms with Crippen molar-refractivity contribution in [1.82, 2.24) is 9.21 Å². The molecule has 1 amide bonds. The number of halogens is 3. The van der Waals surface area contributed by atoms with Crippen molar-refractivity contribution in [3.63, 3.8) is 0 Å². The SMILES string of the molecule is O=C1CN(S(=O)(=O)c2ccccc2[N+](=O)[O-])CC(COS(=O)(=O)C(F)(F)F)N1Cc1ccccc1. The van der Waals surface area contributed by atoms with Crippen molar-refractivity contribution >= 4 is 31.7 Å². The summed E-state index contributed by atoms with van der Waals surface area (Å²) in [6.45, 7) is -2.80. The van der Waals surface area contributed by atoms with E-state index in [0.29, 0.717) is 9.87 Å². The molecule has 1 heterocycles. The van der Waals surface area contributed by atoms with Crippen LogP contribution in [0.5, 0.6) is 0 Å². The Bertz CT molecular complexity index is 1320. The predicted molar refractivity (Wildman–Crippen MR) is 114 cm³/mol. The van der Waals surface area contributed by atoms with Gasteiger partial charge in [-0.05, 0) is 11.6 Å². The summed E-state index contributed by atoms with van der Waals surface area (Å²) in [4.78, 5) is 23.5. The lowest BCUT2D eigenvalue weighted by molar-refractivity contribution is -0.387. The standard InChI is InChI=1S/C19H18F3N3O8S2/c20-19(21,22)35(31,32)33-13-15-11-23(12-18(26)24(15)10-14-6-2-1-3-7-14)34(29,30)17-9-5-4-8-16(17)25(27)28/h1-9,15H,10-13H2. The summed E-state index contributed by atoms with van der Waals surface area (Å²) in [6, 6.07) is 11.1. The molecule has 1 unspecified atom stereocenters. The Hall–Kier alpha value is -3.08. The van der Waals surface area contributed by atoms with Crippen LogP contribution in [0, 0.1) is 10.1 Å². The van der Waals surface area contributed by atoms with Gasteiger partial charge >= 0.3 is 15.6 Å². The van der Waals surface area contributed by atoms with Crippen LogP contribution in [0.1, 0.15) is 5.56 Å². The fraction of sp³-hybridized carbons (Fsp3) is 0.316. The molecule has 1 aliphatic heterocycles. The van der Waals surface area contributed by atoms with Crippen LogP contribution < -0.4 is 0 Å². The Balaban J connectivity index is 1.95. The Labute approximate surface area is 198 Å². The van der Waals surface area contributed by atoms with E-state index >= 15 is 0 Å². The van der Waals surface area contributed by atoms with Crippen LogP contribution in [0.2, 0.25) is 0 Å². The number of nitrogens with zero attached hydrogens (tertiary/aromatic N) is 3. The number of hydrogen-bond acceptors (Lipinski definition) is 8. The average Bonchev–Trinajstić information content (AvgIpc) is 2.79. The third-order valence-electron chi connectivity index (χ3n) is 5.06. The van der Waals surface area contributed by atoms with Gasteiger partial charge in [0.15, 0.2) is 4.90 Å².